The standard InChI is InChI=1S/C28H32ClN5O2/c1-21(2)14-15-34(28(36)22-8-4-3-5-9-22)20-27(35)33-18-16-32(17-19-33)26-13-12-25(30-31-26)23-10-6-7-11-24(23)29/h3-13,21H,14-20H2,1-2H3. The molecule has 0 radical (unpaired) electrons. The molecule has 2 aromatic carbocycles. The summed E-state index contributed by atoms with van der Waals surface area (Å²) >= 11 is 6.28. The summed E-state index contributed by atoms with van der Waals surface area (Å²) < 4.78 is 0. The van der Waals surface area contributed by atoms with Gasteiger partial charge in [0.1, 0.15) is 6.54 Å². The second-order valence-electron chi connectivity index (χ2n) is 9.40. The molecule has 36 heavy (non-hydrogen) atoms. The molecule has 0 atom stereocenters. The molecule has 0 spiro atoms. The Morgan fingerprint density at radius 3 is 2.25 bits per heavy atom. The van der Waals surface area contributed by atoms with Gasteiger partial charge in [-0.1, -0.05) is 61.8 Å². The maximum Gasteiger partial charge on any atom is 0.254 e. The van der Waals surface area contributed by atoms with E-state index in [2.05, 4.69) is 28.9 Å². The highest BCUT2D eigenvalue weighted by Crippen LogP contribution is 2.26. The number of amides is 2. The van der Waals surface area contributed by atoms with Crippen LogP contribution in [0.5, 0.6) is 0 Å². The molecule has 0 saturated carbocycles. The summed E-state index contributed by atoms with van der Waals surface area (Å²) in [5, 5.41) is 9.40. The fourth-order valence-corrected chi connectivity index (χ4v) is 4.42. The first-order valence-corrected chi connectivity index (χ1v) is 12.8. The molecule has 8 heteroatoms. The number of nitrogens with zero attached hydrogens (tertiary/aromatic N) is 5. The van der Waals surface area contributed by atoms with Crippen molar-refractivity contribution < 1.29 is 9.59 Å². The Hall–Kier alpha value is -3.45. The van der Waals surface area contributed by atoms with Crippen molar-refractivity contribution >= 4 is 29.2 Å². The van der Waals surface area contributed by atoms with Crippen LogP contribution in [0.4, 0.5) is 5.82 Å². The zero-order valence-corrected chi connectivity index (χ0v) is 21.6. The van der Waals surface area contributed by atoms with Crippen LogP contribution in [-0.2, 0) is 4.79 Å². The first kappa shape index (κ1) is 25.6. The number of hydrogen-bond donors (Lipinski definition) is 0. The lowest BCUT2D eigenvalue weighted by molar-refractivity contribution is -0.132. The van der Waals surface area contributed by atoms with E-state index in [0.717, 1.165) is 23.5 Å². The van der Waals surface area contributed by atoms with E-state index in [4.69, 9.17) is 11.6 Å². The maximum absolute atomic E-state index is 13.1. The molecular formula is C28H32ClN5O2. The van der Waals surface area contributed by atoms with Gasteiger partial charge in [0.05, 0.1) is 10.7 Å². The van der Waals surface area contributed by atoms with E-state index in [0.29, 0.717) is 49.2 Å². The van der Waals surface area contributed by atoms with Crippen molar-refractivity contribution in [1.29, 1.82) is 0 Å². The maximum atomic E-state index is 13.1. The van der Waals surface area contributed by atoms with Crippen LogP contribution in [0, 0.1) is 5.92 Å². The predicted molar refractivity (Wildman–Crippen MR) is 143 cm³/mol. The van der Waals surface area contributed by atoms with Gasteiger partial charge in [-0.2, -0.15) is 0 Å². The predicted octanol–water partition coefficient (Wildman–Crippen LogP) is 4.63. The van der Waals surface area contributed by atoms with Gasteiger partial charge in [0.15, 0.2) is 5.82 Å². The lowest BCUT2D eigenvalue weighted by Crippen LogP contribution is -2.52. The van der Waals surface area contributed by atoms with Crippen molar-refractivity contribution in [3.63, 3.8) is 0 Å². The molecule has 188 valence electrons. The molecule has 1 saturated heterocycles. The molecule has 0 N–H and O–H groups in total. The third-order valence-electron chi connectivity index (χ3n) is 6.37. The van der Waals surface area contributed by atoms with Crippen molar-refractivity contribution in [3.8, 4) is 11.3 Å². The minimum atomic E-state index is -0.0999. The molecule has 1 aromatic heterocycles. The molecule has 0 aliphatic carbocycles. The van der Waals surface area contributed by atoms with Crippen molar-refractivity contribution in [2.24, 2.45) is 5.92 Å². The van der Waals surface area contributed by atoms with Gasteiger partial charge in [0, 0.05) is 43.9 Å². The lowest BCUT2D eigenvalue weighted by Gasteiger charge is -2.36. The first-order chi connectivity index (χ1) is 17.4. The second kappa shape index (κ2) is 12.0. The second-order valence-corrected chi connectivity index (χ2v) is 9.81. The molecule has 0 bridgehead atoms. The Morgan fingerprint density at radius 1 is 0.917 bits per heavy atom. The van der Waals surface area contributed by atoms with Crippen molar-refractivity contribution in [2.45, 2.75) is 20.3 Å². The van der Waals surface area contributed by atoms with Crippen molar-refractivity contribution in [2.75, 3.05) is 44.2 Å². The monoisotopic (exact) mass is 505 g/mol. The minimum Gasteiger partial charge on any atom is -0.352 e. The minimum absolute atomic E-state index is 0.0251. The number of benzene rings is 2. The van der Waals surface area contributed by atoms with E-state index in [1.165, 1.54) is 0 Å². The molecule has 1 fully saturated rings. The summed E-state index contributed by atoms with van der Waals surface area (Å²) in [5.41, 5.74) is 2.18. The Kier molecular flexibility index (Phi) is 8.54. The molecule has 7 nitrogen and oxygen atoms in total. The van der Waals surface area contributed by atoms with Gasteiger partial charge in [-0.15, -0.1) is 10.2 Å². The third kappa shape index (κ3) is 6.40. The summed E-state index contributed by atoms with van der Waals surface area (Å²) in [4.78, 5) is 31.9. The Labute approximate surface area is 217 Å². The zero-order valence-electron chi connectivity index (χ0n) is 20.8. The fraction of sp³-hybridized carbons (Fsp3) is 0.357. The first-order valence-electron chi connectivity index (χ1n) is 12.4. The number of halogens is 1. The van der Waals surface area contributed by atoms with Gasteiger partial charge in [-0.25, -0.2) is 0 Å². The Balaban J connectivity index is 1.35. The number of hydrogen-bond acceptors (Lipinski definition) is 5. The van der Waals surface area contributed by atoms with Crippen LogP contribution in [0.15, 0.2) is 66.7 Å². The number of aromatic nitrogens is 2. The molecule has 1 aliphatic heterocycles. The van der Waals surface area contributed by atoms with Crippen LogP contribution < -0.4 is 4.90 Å². The molecule has 3 aromatic rings. The largest absolute Gasteiger partial charge is 0.352 e. The molecule has 2 heterocycles. The van der Waals surface area contributed by atoms with E-state index >= 15 is 0 Å². The van der Waals surface area contributed by atoms with E-state index in [-0.39, 0.29) is 18.4 Å². The van der Waals surface area contributed by atoms with E-state index in [1.54, 1.807) is 17.0 Å². The van der Waals surface area contributed by atoms with Crippen LogP contribution in [0.25, 0.3) is 11.3 Å². The molecule has 1 aliphatic rings. The SMILES string of the molecule is CC(C)CCN(CC(=O)N1CCN(c2ccc(-c3ccccc3Cl)nn2)CC1)C(=O)c1ccccc1. The quantitative estimate of drug-likeness (QED) is 0.446. The molecular weight excluding hydrogens is 474 g/mol. The Bertz CT molecular complexity index is 1160. The molecule has 0 unspecified atom stereocenters. The molecule has 2 amide bonds. The van der Waals surface area contributed by atoms with Crippen LogP contribution in [0.3, 0.4) is 0 Å². The topological polar surface area (TPSA) is 69.6 Å². The van der Waals surface area contributed by atoms with Gasteiger partial charge < -0.3 is 14.7 Å². The highest BCUT2D eigenvalue weighted by atomic mass is 35.5. The van der Waals surface area contributed by atoms with Crippen LogP contribution in [-0.4, -0.2) is 71.1 Å². The lowest BCUT2D eigenvalue weighted by atomic mass is 10.1. The normalized spacial score (nSPS) is 13.7. The number of piperazine rings is 1. The summed E-state index contributed by atoms with van der Waals surface area (Å²) in [6, 6.07) is 20.6. The molecule has 4 rings (SSSR count). The van der Waals surface area contributed by atoms with Gasteiger partial charge in [0.25, 0.3) is 5.91 Å². The van der Waals surface area contributed by atoms with E-state index in [1.807, 2.05) is 59.5 Å². The summed E-state index contributed by atoms with van der Waals surface area (Å²) in [7, 11) is 0. The van der Waals surface area contributed by atoms with Crippen LogP contribution in [0.2, 0.25) is 5.02 Å². The van der Waals surface area contributed by atoms with Gasteiger partial charge in [0.2, 0.25) is 5.91 Å². The summed E-state index contributed by atoms with van der Waals surface area (Å²) in [5.74, 6) is 1.09. The van der Waals surface area contributed by atoms with Gasteiger partial charge >= 0.3 is 0 Å². The third-order valence-corrected chi connectivity index (χ3v) is 6.70. The number of carbonyl (C=O) groups excluding carboxylic acids is 2. The highest BCUT2D eigenvalue weighted by Gasteiger charge is 2.26. The summed E-state index contributed by atoms with van der Waals surface area (Å²) in [6.45, 7) is 7.35. The average Bonchev–Trinajstić information content (AvgIpc) is 2.91. The van der Waals surface area contributed by atoms with E-state index < -0.39 is 0 Å². The van der Waals surface area contributed by atoms with Crippen molar-refractivity contribution in [3.05, 3.63) is 77.3 Å². The van der Waals surface area contributed by atoms with Gasteiger partial charge in [-0.05, 0) is 42.7 Å². The average molecular weight is 506 g/mol. The fourth-order valence-electron chi connectivity index (χ4n) is 4.18. The van der Waals surface area contributed by atoms with Crippen molar-refractivity contribution in [1.82, 2.24) is 20.0 Å². The highest BCUT2D eigenvalue weighted by molar-refractivity contribution is 6.33. The van der Waals surface area contributed by atoms with Gasteiger partial charge in [-0.3, -0.25) is 9.59 Å². The zero-order chi connectivity index (χ0) is 25.5. The van der Waals surface area contributed by atoms with Crippen LogP contribution >= 0.6 is 11.6 Å². The van der Waals surface area contributed by atoms with Crippen LogP contribution in [0.1, 0.15) is 30.6 Å². The summed E-state index contributed by atoms with van der Waals surface area (Å²) in [6.07, 6.45) is 0.850. The smallest absolute Gasteiger partial charge is 0.254 e. The number of rotatable bonds is 8. The number of anilines is 1. The Morgan fingerprint density at radius 2 is 1.61 bits per heavy atom. The van der Waals surface area contributed by atoms with E-state index in [9.17, 15) is 9.59 Å². The number of carbonyl (C=O) groups is 2.